The molecule has 1 saturated heterocycles. The molecule has 6 N–H and O–H groups in total. The lowest BCUT2D eigenvalue weighted by atomic mass is 9.84. The van der Waals surface area contributed by atoms with E-state index in [0.29, 0.717) is 64.7 Å². The first-order valence-electron chi connectivity index (χ1n) is 15.4. The van der Waals surface area contributed by atoms with Gasteiger partial charge in [0.1, 0.15) is 5.68 Å². The summed E-state index contributed by atoms with van der Waals surface area (Å²) in [6, 6.07) is 6.80. The molecule has 0 saturated carbocycles. The Morgan fingerprint density at radius 1 is 0.739 bits per heavy atom. The zero-order chi connectivity index (χ0) is 34.1. The molecule has 1 aromatic rings. The third-order valence-corrected chi connectivity index (χ3v) is 7.43. The predicted octanol–water partition coefficient (Wildman–Crippen LogP) is -1.19. The summed E-state index contributed by atoms with van der Waals surface area (Å²) in [5, 5.41) is 31.0. The summed E-state index contributed by atoms with van der Waals surface area (Å²) < 4.78 is 5.41. The number of nitrogens with one attached hydrogen (secondary N) is 1. The molecule has 255 valence electrons. The minimum atomic E-state index is -1.02. The van der Waals surface area contributed by atoms with Gasteiger partial charge in [0.2, 0.25) is 5.91 Å². The maximum Gasteiger partial charge on any atom is 0.378 e. The summed E-state index contributed by atoms with van der Waals surface area (Å²) in [7, 11) is 1.16. The fourth-order valence-corrected chi connectivity index (χ4v) is 4.93. The van der Waals surface area contributed by atoms with Gasteiger partial charge in [0.05, 0.1) is 38.8 Å². The van der Waals surface area contributed by atoms with Crippen molar-refractivity contribution in [1.29, 1.82) is 0 Å². The van der Waals surface area contributed by atoms with E-state index in [4.69, 9.17) is 10.4 Å². The van der Waals surface area contributed by atoms with Crippen LogP contribution in [-0.4, -0.2) is 156 Å². The second-order valence-corrected chi connectivity index (χ2v) is 11.9. The first kappa shape index (κ1) is 38.8. The molecule has 15 nitrogen and oxygen atoms in total. The zero-order valence-corrected chi connectivity index (χ0v) is 26.8. The van der Waals surface area contributed by atoms with E-state index < -0.39 is 23.9 Å². The van der Waals surface area contributed by atoms with Crippen LogP contribution in [0.5, 0.6) is 0 Å². The summed E-state index contributed by atoms with van der Waals surface area (Å²) in [6.45, 7) is 6.39. The molecule has 0 unspecified atom stereocenters. The van der Waals surface area contributed by atoms with E-state index in [1.165, 1.54) is 0 Å². The number of carboxylic acid groups (broad SMARTS) is 3. The van der Waals surface area contributed by atoms with Gasteiger partial charge in [-0.3, -0.25) is 38.8 Å². The molecule has 46 heavy (non-hydrogen) atoms. The molecule has 2 rings (SSSR count). The van der Waals surface area contributed by atoms with E-state index in [9.17, 15) is 39.3 Å². The Kier molecular flexibility index (Phi) is 17.4. The van der Waals surface area contributed by atoms with Crippen LogP contribution in [0, 0.1) is 5.92 Å². The summed E-state index contributed by atoms with van der Waals surface area (Å²) in [6.07, 6.45) is 0.582. The quantitative estimate of drug-likeness (QED) is 0.126. The molecule has 16 heteroatoms. The number of hydrogen-bond donors (Lipinski definition) is 5. The van der Waals surface area contributed by atoms with Gasteiger partial charge in [0.25, 0.3) is 0 Å². The topological polar surface area (TPSA) is 206 Å². The second kappa shape index (κ2) is 20.7. The first-order valence-corrected chi connectivity index (χ1v) is 15.4. The van der Waals surface area contributed by atoms with E-state index in [0.717, 1.165) is 18.6 Å². The number of benzene rings is 1. The van der Waals surface area contributed by atoms with Crippen molar-refractivity contribution in [3.8, 4) is 0 Å². The van der Waals surface area contributed by atoms with Gasteiger partial charge in [-0.25, -0.2) is 0 Å². The third kappa shape index (κ3) is 16.8. The molecular formula is C30H48BN6O9. The number of rotatable bonds is 17. The molecule has 1 fully saturated rings. The number of amides is 1. The van der Waals surface area contributed by atoms with Gasteiger partial charge < -0.3 is 35.8 Å². The average molecular weight is 648 g/mol. The SMILES string of the molecule is CC(C)C[C@@H](N)C(=O)[B]OCc1ccc(CNC(=O)CN2CCN(CC(=O)O)CCN(CC(=O)O)CCN(CC(=O)O)CC2)cc1. The van der Waals surface area contributed by atoms with Crippen molar-refractivity contribution in [2.45, 2.75) is 39.5 Å². The van der Waals surface area contributed by atoms with Gasteiger partial charge in [0.15, 0.2) is 0 Å². The fourth-order valence-electron chi connectivity index (χ4n) is 4.93. The van der Waals surface area contributed by atoms with Crippen LogP contribution in [0.4, 0.5) is 0 Å². The van der Waals surface area contributed by atoms with Gasteiger partial charge >= 0.3 is 25.4 Å². The van der Waals surface area contributed by atoms with E-state index in [1.807, 2.05) is 43.0 Å². The zero-order valence-electron chi connectivity index (χ0n) is 26.8. The molecule has 0 aliphatic carbocycles. The molecular weight excluding hydrogens is 599 g/mol. The van der Waals surface area contributed by atoms with Crippen LogP contribution in [0.2, 0.25) is 0 Å². The van der Waals surface area contributed by atoms with Crippen LogP contribution < -0.4 is 11.1 Å². The van der Waals surface area contributed by atoms with Crippen molar-refractivity contribution < 1.29 is 43.9 Å². The number of nitrogens with zero attached hydrogens (tertiary/aromatic N) is 4. The lowest BCUT2D eigenvalue weighted by Gasteiger charge is -2.32. The van der Waals surface area contributed by atoms with Crippen LogP contribution in [0.25, 0.3) is 0 Å². The number of carbonyl (C=O) groups is 5. The smallest absolute Gasteiger partial charge is 0.378 e. The largest absolute Gasteiger partial charge is 0.480 e. The summed E-state index contributed by atoms with van der Waals surface area (Å²) >= 11 is 0. The van der Waals surface area contributed by atoms with Gasteiger partial charge in [-0.1, -0.05) is 38.1 Å². The van der Waals surface area contributed by atoms with Gasteiger partial charge in [-0.2, -0.15) is 0 Å². The van der Waals surface area contributed by atoms with Gasteiger partial charge in [0, 0.05) is 58.9 Å². The van der Waals surface area contributed by atoms with Gasteiger partial charge in [-0.05, 0) is 23.5 Å². The summed E-state index contributed by atoms with van der Waals surface area (Å²) in [5.74, 6) is -2.98. The van der Waals surface area contributed by atoms with E-state index >= 15 is 0 Å². The molecule has 1 atom stereocenters. The third-order valence-electron chi connectivity index (χ3n) is 7.43. The van der Waals surface area contributed by atoms with E-state index in [2.05, 4.69) is 5.32 Å². The maximum atomic E-state index is 12.9. The van der Waals surface area contributed by atoms with Crippen LogP contribution >= 0.6 is 0 Å². The molecule has 1 aromatic carbocycles. The normalized spacial score (nSPS) is 17.0. The van der Waals surface area contributed by atoms with Crippen molar-refractivity contribution in [2.24, 2.45) is 11.7 Å². The van der Waals surface area contributed by atoms with Crippen LogP contribution in [0.1, 0.15) is 31.4 Å². The van der Waals surface area contributed by atoms with Gasteiger partial charge in [-0.15, -0.1) is 0 Å². The Morgan fingerprint density at radius 2 is 1.13 bits per heavy atom. The minimum Gasteiger partial charge on any atom is -0.480 e. The highest BCUT2D eigenvalue weighted by Gasteiger charge is 2.21. The molecule has 0 spiro atoms. The van der Waals surface area contributed by atoms with Crippen LogP contribution in [0.3, 0.4) is 0 Å². The van der Waals surface area contributed by atoms with Crippen molar-refractivity contribution in [2.75, 3.05) is 78.5 Å². The monoisotopic (exact) mass is 647 g/mol. The maximum absolute atomic E-state index is 12.9. The highest BCUT2D eigenvalue weighted by atomic mass is 16.4. The first-order chi connectivity index (χ1) is 21.8. The lowest BCUT2D eigenvalue weighted by Crippen LogP contribution is -2.49. The highest BCUT2D eigenvalue weighted by Crippen LogP contribution is 2.08. The van der Waals surface area contributed by atoms with E-state index in [-0.39, 0.29) is 50.9 Å². The average Bonchev–Trinajstić information content (AvgIpc) is 2.96. The Morgan fingerprint density at radius 3 is 1.52 bits per heavy atom. The number of carbonyl (C=O) groups excluding carboxylic acids is 2. The minimum absolute atomic E-state index is 0.0295. The Labute approximate surface area is 270 Å². The molecule has 1 aliphatic heterocycles. The second-order valence-electron chi connectivity index (χ2n) is 11.9. The lowest BCUT2D eigenvalue weighted by molar-refractivity contribution is -0.140. The van der Waals surface area contributed by atoms with Crippen LogP contribution in [0.15, 0.2) is 24.3 Å². The van der Waals surface area contributed by atoms with E-state index in [1.54, 1.807) is 14.7 Å². The standard InChI is InChI=1S/C30H48BN6O9/c1-22(2)15-25(32)30(45)31-46-21-24-5-3-23(4-6-24)16-33-26(38)17-34-7-9-35(18-27(39)40)11-13-37(20-29(43)44)14-12-36(10-8-34)19-28(41)42/h3-6,22,25H,7-21,32H2,1-2H3,(H,33,38)(H,39,40)(H,41,42)(H,43,44)/t25-/m1/s1. The predicted molar refractivity (Wildman–Crippen MR) is 170 cm³/mol. The highest BCUT2D eigenvalue weighted by molar-refractivity contribution is 6.70. The number of carboxylic acids is 3. The molecule has 1 heterocycles. The Bertz CT molecular complexity index is 1110. The summed E-state index contributed by atoms with van der Waals surface area (Å²) in [5.41, 5.74) is 7.33. The number of nitrogens with two attached hydrogens (primary N) is 1. The molecule has 1 aliphatic rings. The number of hydrogen-bond acceptors (Lipinski definition) is 11. The number of aliphatic carboxylic acids is 3. The molecule has 1 amide bonds. The van der Waals surface area contributed by atoms with Crippen molar-refractivity contribution in [3.05, 3.63) is 35.4 Å². The fraction of sp³-hybridized carbons (Fsp3) is 0.633. The van der Waals surface area contributed by atoms with Crippen molar-refractivity contribution in [3.63, 3.8) is 0 Å². The van der Waals surface area contributed by atoms with Crippen LogP contribution in [-0.2, 0) is 41.8 Å². The Hall–Kier alpha value is -3.41. The van der Waals surface area contributed by atoms with Crippen molar-refractivity contribution >= 4 is 37.0 Å². The summed E-state index contributed by atoms with van der Waals surface area (Å²) in [4.78, 5) is 66.2. The molecule has 1 radical (unpaired) electrons. The molecule has 0 bridgehead atoms. The molecule has 0 aromatic heterocycles. The van der Waals surface area contributed by atoms with Crippen molar-refractivity contribution in [1.82, 2.24) is 24.9 Å². The Balaban J connectivity index is 1.94.